The van der Waals surface area contributed by atoms with Gasteiger partial charge in [0.15, 0.2) is 0 Å². The van der Waals surface area contributed by atoms with Gasteiger partial charge in [-0.2, -0.15) is 18.4 Å². The van der Waals surface area contributed by atoms with Crippen LogP contribution in [-0.4, -0.2) is 26.3 Å². The molecule has 1 rings (SSSR count). The van der Waals surface area contributed by atoms with E-state index in [-0.39, 0.29) is 11.6 Å². The van der Waals surface area contributed by atoms with E-state index < -0.39 is 11.7 Å². The number of methoxy groups -OCH3 is 1. The number of hydrogen-bond donors (Lipinski definition) is 0. The smallest absolute Gasteiger partial charge is 0.383 e. The highest BCUT2D eigenvalue weighted by Crippen LogP contribution is 2.34. The fourth-order valence-electron chi connectivity index (χ4n) is 2.06. The first-order chi connectivity index (χ1) is 9.85. The molecule has 1 aromatic rings. The average Bonchev–Trinajstić information content (AvgIpc) is 2.46. The summed E-state index contributed by atoms with van der Waals surface area (Å²) in [4.78, 5) is 1.86. The largest absolute Gasteiger partial charge is 0.417 e. The number of hydrogen-bond acceptors (Lipinski definition) is 3. The number of benzene rings is 1. The van der Waals surface area contributed by atoms with Gasteiger partial charge in [-0.05, 0) is 31.5 Å². The molecule has 0 saturated heterocycles. The van der Waals surface area contributed by atoms with Crippen molar-refractivity contribution in [3.05, 3.63) is 29.3 Å². The van der Waals surface area contributed by atoms with Crippen LogP contribution >= 0.6 is 0 Å². The molecule has 116 valence electrons. The van der Waals surface area contributed by atoms with Gasteiger partial charge in [0.2, 0.25) is 0 Å². The third-order valence-electron chi connectivity index (χ3n) is 3.42. The number of nitrogens with zero attached hydrogens (tertiary/aromatic N) is 2. The molecule has 0 N–H and O–H groups in total. The molecule has 0 aromatic heterocycles. The van der Waals surface area contributed by atoms with E-state index in [9.17, 15) is 13.2 Å². The normalized spacial score (nSPS) is 12.8. The number of alkyl halides is 3. The van der Waals surface area contributed by atoms with Crippen molar-refractivity contribution in [2.45, 2.75) is 32.5 Å². The Kier molecular flexibility index (Phi) is 6.03. The number of nitriles is 1. The van der Waals surface area contributed by atoms with E-state index in [4.69, 9.17) is 10.00 Å². The first-order valence-electron chi connectivity index (χ1n) is 6.72. The third kappa shape index (κ3) is 4.36. The summed E-state index contributed by atoms with van der Waals surface area (Å²) in [6.07, 6.45) is -3.74. The van der Waals surface area contributed by atoms with Crippen LogP contribution in [0.2, 0.25) is 0 Å². The van der Waals surface area contributed by atoms with Crippen LogP contribution in [0, 0.1) is 11.3 Å². The van der Waals surface area contributed by atoms with Gasteiger partial charge in [0.1, 0.15) is 0 Å². The van der Waals surface area contributed by atoms with Crippen molar-refractivity contribution in [1.82, 2.24) is 0 Å². The summed E-state index contributed by atoms with van der Waals surface area (Å²) in [5.74, 6) is 0. The zero-order valence-corrected chi connectivity index (χ0v) is 12.4. The summed E-state index contributed by atoms with van der Waals surface area (Å²) in [5, 5.41) is 8.82. The molecule has 1 unspecified atom stereocenters. The van der Waals surface area contributed by atoms with Crippen LogP contribution in [0.4, 0.5) is 18.9 Å². The van der Waals surface area contributed by atoms with E-state index in [2.05, 4.69) is 0 Å². The van der Waals surface area contributed by atoms with Crippen LogP contribution in [0.3, 0.4) is 0 Å². The van der Waals surface area contributed by atoms with Gasteiger partial charge in [-0.25, -0.2) is 0 Å². The molecule has 0 aliphatic heterocycles. The van der Waals surface area contributed by atoms with Crippen molar-refractivity contribution in [3.63, 3.8) is 0 Å². The van der Waals surface area contributed by atoms with Gasteiger partial charge < -0.3 is 9.64 Å². The van der Waals surface area contributed by atoms with E-state index in [0.29, 0.717) is 18.8 Å². The van der Waals surface area contributed by atoms with Gasteiger partial charge in [-0.3, -0.25) is 0 Å². The summed E-state index contributed by atoms with van der Waals surface area (Å²) >= 11 is 0. The Balaban J connectivity index is 3.24. The van der Waals surface area contributed by atoms with Crippen LogP contribution in [0.25, 0.3) is 0 Å². The van der Waals surface area contributed by atoms with E-state index >= 15 is 0 Å². The van der Waals surface area contributed by atoms with Gasteiger partial charge in [-0.15, -0.1) is 0 Å². The molecule has 3 nitrogen and oxygen atoms in total. The molecule has 21 heavy (non-hydrogen) atoms. The lowest BCUT2D eigenvalue weighted by Crippen LogP contribution is -2.35. The third-order valence-corrected chi connectivity index (χ3v) is 3.42. The molecule has 6 heteroatoms. The standard InChI is InChI=1S/C15H19F3N2O/c1-4-11(2)20(7-8-21-3)13-6-5-12(10-19)14(9-13)15(16,17)18/h5-6,9,11H,4,7-8H2,1-3H3. The Bertz CT molecular complexity index is 509. The molecule has 0 spiro atoms. The highest BCUT2D eigenvalue weighted by molar-refractivity contribution is 5.55. The van der Waals surface area contributed by atoms with Crippen LogP contribution in [0.1, 0.15) is 31.4 Å². The minimum absolute atomic E-state index is 0.0779. The van der Waals surface area contributed by atoms with Gasteiger partial charge in [0.25, 0.3) is 0 Å². The molecule has 1 atom stereocenters. The highest BCUT2D eigenvalue weighted by Gasteiger charge is 2.34. The first-order valence-corrected chi connectivity index (χ1v) is 6.72. The second-order valence-electron chi connectivity index (χ2n) is 4.78. The predicted molar refractivity (Wildman–Crippen MR) is 75.1 cm³/mol. The minimum Gasteiger partial charge on any atom is -0.383 e. The maximum atomic E-state index is 13.0. The Hall–Kier alpha value is -1.74. The number of rotatable bonds is 6. The molecular weight excluding hydrogens is 281 g/mol. The molecule has 0 aliphatic rings. The average molecular weight is 300 g/mol. The molecule has 0 bridgehead atoms. The highest BCUT2D eigenvalue weighted by atomic mass is 19.4. The van der Waals surface area contributed by atoms with Crippen molar-refractivity contribution >= 4 is 5.69 Å². The summed E-state index contributed by atoms with van der Waals surface area (Å²) in [6, 6.07) is 5.49. The van der Waals surface area contributed by atoms with Gasteiger partial charge in [-0.1, -0.05) is 6.92 Å². The van der Waals surface area contributed by atoms with Crippen molar-refractivity contribution in [2.24, 2.45) is 0 Å². The maximum Gasteiger partial charge on any atom is 0.417 e. The monoisotopic (exact) mass is 300 g/mol. The quantitative estimate of drug-likeness (QED) is 0.801. The fraction of sp³-hybridized carbons (Fsp3) is 0.533. The summed E-state index contributed by atoms with van der Waals surface area (Å²) in [7, 11) is 1.55. The summed E-state index contributed by atoms with van der Waals surface area (Å²) < 4.78 is 44.1. The van der Waals surface area contributed by atoms with Crippen LogP contribution < -0.4 is 4.90 Å². The lowest BCUT2D eigenvalue weighted by Gasteiger charge is -2.31. The molecule has 0 saturated carbocycles. The van der Waals surface area contributed by atoms with E-state index in [1.54, 1.807) is 19.2 Å². The lowest BCUT2D eigenvalue weighted by molar-refractivity contribution is -0.137. The summed E-state index contributed by atoms with van der Waals surface area (Å²) in [5.41, 5.74) is -0.803. The second-order valence-corrected chi connectivity index (χ2v) is 4.78. The maximum absolute atomic E-state index is 13.0. The Morgan fingerprint density at radius 3 is 2.52 bits per heavy atom. The van der Waals surface area contributed by atoms with E-state index in [0.717, 1.165) is 12.5 Å². The lowest BCUT2D eigenvalue weighted by atomic mass is 10.1. The van der Waals surface area contributed by atoms with Crippen molar-refractivity contribution in [3.8, 4) is 6.07 Å². The first kappa shape index (κ1) is 17.3. The molecule has 0 amide bonds. The van der Waals surface area contributed by atoms with Gasteiger partial charge in [0.05, 0.1) is 23.8 Å². The van der Waals surface area contributed by atoms with Gasteiger partial charge >= 0.3 is 6.18 Å². The Labute approximate surface area is 122 Å². The fourth-order valence-corrected chi connectivity index (χ4v) is 2.06. The second kappa shape index (κ2) is 7.32. The molecular formula is C15H19F3N2O. The minimum atomic E-state index is -4.54. The topological polar surface area (TPSA) is 36.3 Å². The molecule has 0 aliphatic carbocycles. The zero-order valence-electron chi connectivity index (χ0n) is 12.4. The van der Waals surface area contributed by atoms with Crippen molar-refractivity contribution < 1.29 is 17.9 Å². The van der Waals surface area contributed by atoms with Crippen molar-refractivity contribution in [2.75, 3.05) is 25.2 Å². The molecule has 0 heterocycles. The number of halogens is 3. The summed E-state index contributed by atoms with van der Waals surface area (Å²) in [6.45, 7) is 4.83. The van der Waals surface area contributed by atoms with Gasteiger partial charge in [0, 0.05) is 25.4 Å². The number of ether oxygens (including phenoxy) is 1. The van der Waals surface area contributed by atoms with E-state index in [1.807, 2.05) is 18.7 Å². The predicted octanol–water partition coefficient (Wildman–Crippen LogP) is 3.83. The Morgan fingerprint density at radius 1 is 1.38 bits per heavy atom. The van der Waals surface area contributed by atoms with Crippen LogP contribution in [0.15, 0.2) is 18.2 Å². The Morgan fingerprint density at radius 2 is 2.05 bits per heavy atom. The van der Waals surface area contributed by atoms with Crippen LogP contribution in [-0.2, 0) is 10.9 Å². The van der Waals surface area contributed by atoms with Crippen molar-refractivity contribution in [1.29, 1.82) is 5.26 Å². The molecule has 1 aromatic carbocycles. The van der Waals surface area contributed by atoms with E-state index in [1.165, 1.54) is 6.07 Å². The zero-order chi connectivity index (χ0) is 16.0. The molecule has 0 radical (unpaired) electrons. The number of anilines is 1. The molecule has 0 fully saturated rings. The SMILES string of the molecule is CCC(C)N(CCOC)c1ccc(C#N)c(C(F)(F)F)c1. The van der Waals surface area contributed by atoms with Crippen LogP contribution in [0.5, 0.6) is 0 Å².